The summed E-state index contributed by atoms with van der Waals surface area (Å²) in [4.78, 5) is 9.92. The van der Waals surface area contributed by atoms with Crippen molar-refractivity contribution in [3.05, 3.63) is 39.7 Å². The van der Waals surface area contributed by atoms with Crippen LogP contribution < -0.4 is 0 Å². The van der Waals surface area contributed by atoms with Crippen molar-refractivity contribution in [1.82, 2.24) is 0 Å². The number of nitro groups is 1. The van der Waals surface area contributed by atoms with Crippen LogP contribution in [0.1, 0.15) is 12.0 Å². The van der Waals surface area contributed by atoms with Gasteiger partial charge in [0.15, 0.2) is 0 Å². The predicted molar refractivity (Wildman–Crippen MR) is 58.4 cm³/mol. The summed E-state index contributed by atoms with van der Waals surface area (Å²) in [5, 5.41) is 10.6. The van der Waals surface area contributed by atoms with Gasteiger partial charge in [-0.25, -0.2) is 4.39 Å². The molecule has 1 aromatic carbocycles. The minimum Gasteiger partial charge on any atom is -0.258 e. The maximum Gasteiger partial charge on any atom is 0.287 e. The highest BCUT2D eigenvalue weighted by Crippen LogP contribution is 2.18. The van der Waals surface area contributed by atoms with Gasteiger partial charge in [0.25, 0.3) is 5.69 Å². The minimum atomic E-state index is -0.645. The number of nitrogens with zero attached hydrogens (tertiary/aromatic N) is 1. The van der Waals surface area contributed by atoms with Crippen molar-refractivity contribution in [2.24, 2.45) is 0 Å². The van der Waals surface area contributed by atoms with Crippen molar-refractivity contribution >= 4 is 18.3 Å². The van der Waals surface area contributed by atoms with E-state index in [9.17, 15) is 14.5 Å². The first-order chi connectivity index (χ1) is 7.15. The largest absolute Gasteiger partial charge is 0.287 e. The van der Waals surface area contributed by atoms with Crippen LogP contribution in [-0.2, 0) is 0 Å². The van der Waals surface area contributed by atoms with E-state index in [0.717, 1.165) is 12.1 Å². The number of thiol groups is 1. The van der Waals surface area contributed by atoms with Gasteiger partial charge < -0.3 is 0 Å². The summed E-state index contributed by atoms with van der Waals surface area (Å²) < 4.78 is 12.7. The van der Waals surface area contributed by atoms with Crippen LogP contribution in [0.3, 0.4) is 0 Å². The summed E-state index contributed by atoms with van der Waals surface area (Å²) in [7, 11) is 0. The Morgan fingerprint density at radius 1 is 1.53 bits per heavy atom. The Balaban J connectivity index is 3.08. The van der Waals surface area contributed by atoms with E-state index in [1.807, 2.05) is 0 Å². The quantitative estimate of drug-likeness (QED) is 0.363. The van der Waals surface area contributed by atoms with Gasteiger partial charge in [0.2, 0.25) is 0 Å². The van der Waals surface area contributed by atoms with Gasteiger partial charge in [-0.3, -0.25) is 10.1 Å². The summed E-state index contributed by atoms with van der Waals surface area (Å²) in [6.45, 7) is 0. The van der Waals surface area contributed by atoms with E-state index in [-0.39, 0.29) is 11.3 Å². The molecule has 0 aromatic heterocycles. The maximum atomic E-state index is 12.7. The van der Waals surface area contributed by atoms with Gasteiger partial charge >= 0.3 is 0 Å². The van der Waals surface area contributed by atoms with Gasteiger partial charge in [0.1, 0.15) is 11.4 Å². The van der Waals surface area contributed by atoms with Crippen LogP contribution in [0.15, 0.2) is 18.2 Å². The predicted octanol–water partition coefficient (Wildman–Crippen LogP) is 2.41. The van der Waals surface area contributed by atoms with Crippen molar-refractivity contribution in [2.45, 2.75) is 6.42 Å². The first-order valence-corrected chi connectivity index (χ1v) is 4.82. The molecule has 0 spiro atoms. The van der Waals surface area contributed by atoms with E-state index >= 15 is 0 Å². The lowest BCUT2D eigenvalue weighted by Gasteiger charge is -1.94. The molecular weight excluding hydrogens is 217 g/mol. The molecule has 3 nitrogen and oxygen atoms in total. The standard InChI is InChI=1S/C10H8FNO2S/c11-9-5-4-8(3-1-2-6-15)10(7-9)12(13)14/h4-5,7,15H,2,6H2. The molecule has 0 saturated heterocycles. The molecule has 1 aromatic rings. The van der Waals surface area contributed by atoms with Gasteiger partial charge in [-0.1, -0.05) is 11.8 Å². The number of halogens is 1. The molecule has 0 aliphatic heterocycles. The molecule has 0 aliphatic rings. The average Bonchev–Trinajstić information content (AvgIpc) is 2.20. The van der Waals surface area contributed by atoms with Gasteiger partial charge in [0.05, 0.1) is 11.0 Å². The number of rotatable bonds is 2. The topological polar surface area (TPSA) is 43.1 Å². The summed E-state index contributed by atoms with van der Waals surface area (Å²) >= 11 is 3.95. The van der Waals surface area contributed by atoms with Crippen molar-refractivity contribution < 1.29 is 9.31 Å². The highest BCUT2D eigenvalue weighted by molar-refractivity contribution is 7.80. The van der Waals surface area contributed by atoms with E-state index < -0.39 is 10.7 Å². The summed E-state index contributed by atoms with van der Waals surface area (Å²) in [5.41, 5.74) is -0.0788. The lowest BCUT2D eigenvalue weighted by Crippen LogP contribution is -1.93. The van der Waals surface area contributed by atoms with Gasteiger partial charge in [-0.15, -0.1) is 0 Å². The van der Waals surface area contributed by atoms with Crippen LogP contribution in [0.4, 0.5) is 10.1 Å². The molecule has 5 heteroatoms. The van der Waals surface area contributed by atoms with Crippen LogP contribution >= 0.6 is 12.6 Å². The second-order valence-corrected chi connectivity index (χ2v) is 3.14. The number of nitro benzene ring substituents is 1. The Hall–Kier alpha value is -1.54. The molecule has 0 amide bonds. The Labute approximate surface area is 91.9 Å². The Morgan fingerprint density at radius 3 is 2.87 bits per heavy atom. The van der Waals surface area contributed by atoms with Crippen molar-refractivity contribution in [3.63, 3.8) is 0 Å². The highest BCUT2D eigenvalue weighted by Gasteiger charge is 2.12. The number of hydrogen-bond donors (Lipinski definition) is 1. The van der Waals surface area contributed by atoms with E-state index in [1.165, 1.54) is 6.07 Å². The Morgan fingerprint density at radius 2 is 2.27 bits per heavy atom. The van der Waals surface area contributed by atoms with Crippen LogP contribution in [0.2, 0.25) is 0 Å². The summed E-state index contributed by atoms with van der Waals surface area (Å²) in [6.07, 6.45) is 0.539. The molecule has 15 heavy (non-hydrogen) atoms. The summed E-state index contributed by atoms with van der Waals surface area (Å²) in [5.74, 6) is 5.28. The average molecular weight is 225 g/mol. The first kappa shape index (κ1) is 11.5. The fourth-order valence-electron chi connectivity index (χ4n) is 0.975. The van der Waals surface area contributed by atoms with E-state index in [4.69, 9.17) is 0 Å². The molecule has 0 heterocycles. The molecule has 0 saturated carbocycles. The first-order valence-electron chi connectivity index (χ1n) is 4.19. The van der Waals surface area contributed by atoms with Crippen LogP contribution in [0.5, 0.6) is 0 Å². The molecule has 0 fully saturated rings. The Bertz CT molecular complexity index is 437. The number of benzene rings is 1. The molecule has 0 radical (unpaired) electrons. The molecule has 78 valence electrons. The second-order valence-electron chi connectivity index (χ2n) is 2.69. The third-order valence-corrected chi connectivity index (χ3v) is 1.84. The zero-order chi connectivity index (χ0) is 11.3. The van der Waals surface area contributed by atoms with E-state index in [0.29, 0.717) is 12.2 Å². The molecule has 0 aliphatic carbocycles. The molecular formula is C10H8FNO2S. The molecule has 0 bridgehead atoms. The smallest absolute Gasteiger partial charge is 0.258 e. The van der Waals surface area contributed by atoms with Crippen molar-refractivity contribution in [1.29, 1.82) is 0 Å². The highest BCUT2D eigenvalue weighted by atomic mass is 32.1. The third kappa shape index (κ3) is 3.26. The van der Waals surface area contributed by atoms with Crippen LogP contribution in [0.25, 0.3) is 0 Å². The molecule has 0 atom stereocenters. The fourth-order valence-corrected chi connectivity index (χ4v) is 1.09. The lowest BCUT2D eigenvalue weighted by atomic mass is 10.2. The van der Waals surface area contributed by atoms with Crippen LogP contribution in [-0.4, -0.2) is 10.7 Å². The molecule has 0 unspecified atom stereocenters. The van der Waals surface area contributed by atoms with Crippen molar-refractivity contribution in [2.75, 3.05) is 5.75 Å². The zero-order valence-corrected chi connectivity index (χ0v) is 8.63. The lowest BCUT2D eigenvalue weighted by molar-refractivity contribution is -0.385. The van der Waals surface area contributed by atoms with Crippen molar-refractivity contribution in [3.8, 4) is 11.8 Å². The minimum absolute atomic E-state index is 0.225. The second kappa shape index (κ2) is 5.37. The fraction of sp³-hybridized carbons (Fsp3) is 0.200. The van der Waals surface area contributed by atoms with E-state index in [2.05, 4.69) is 24.5 Å². The van der Waals surface area contributed by atoms with Crippen LogP contribution in [0, 0.1) is 27.8 Å². The van der Waals surface area contributed by atoms with Gasteiger partial charge in [-0.2, -0.15) is 12.6 Å². The van der Waals surface area contributed by atoms with Gasteiger partial charge in [-0.05, 0) is 12.1 Å². The molecule has 0 N–H and O–H groups in total. The monoisotopic (exact) mass is 225 g/mol. The SMILES string of the molecule is O=[N+]([O-])c1cc(F)ccc1C#CCCS. The maximum absolute atomic E-state index is 12.7. The molecule has 1 rings (SSSR count). The zero-order valence-electron chi connectivity index (χ0n) is 7.74. The number of hydrogen-bond acceptors (Lipinski definition) is 3. The normalized spacial score (nSPS) is 9.20. The van der Waals surface area contributed by atoms with E-state index in [1.54, 1.807) is 0 Å². The third-order valence-electron chi connectivity index (χ3n) is 1.62. The Kier molecular flexibility index (Phi) is 4.13. The van der Waals surface area contributed by atoms with Gasteiger partial charge in [0, 0.05) is 12.2 Å². The summed E-state index contributed by atoms with van der Waals surface area (Å²) in [6, 6.07) is 3.32.